The van der Waals surface area contributed by atoms with Crippen molar-refractivity contribution in [3.8, 4) is 0 Å². The van der Waals surface area contributed by atoms with Crippen molar-refractivity contribution in [1.29, 1.82) is 0 Å². The normalized spacial score (nSPS) is 11.0. The van der Waals surface area contributed by atoms with Crippen molar-refractivity contribution in [1.82, 2.24) is 5.43 Å². The molecule has 0 saturated carbocycles. The minimum atomic E-state index is -1.20. The predicted molar refractivity (Wildman–Crippen MR) is 79.3 cm³/mol. The molecular weight excluding hydrogens is 268 g/mol. The summed E-state index contributed by atoms with van der Waals surface area (Å²) in [6.07, 6.45) is 0. The Morgan fingerprint density at radius 1 is 1.00 bits per heavy atom. The maximum Gasteiger partial charge on any atom is 0.356 e. The topological polar surface area (TPSA) is 78.8 Å². The summed E-state index contributed by atoms with van der Waals surface area (Å²) in [4.78, 5) is 23.2. The number of hydrazone groups is 1. The maximum atomic E-state index is 11.9. The van der Waals surface area contributed by atoms with Crippen molar-refractivity contribution >= 4 is 17.6 Å². The summed E-state index contributed by atoms with van der Waals surface area (Å²) in [6, 6.07) is 15.4. The Kier molecular flexibility index (Phi) is 4.46. The fraction of sp³-hybridized carbons (Fsp3) is 0.0625. The van der Waals surface area contributed by atoms with Crippen LogP contribution in [-0.4, -0.2) is 22.7 Å². The molecule has 106 valence electrons. The van der Waals surface area contributed by atoms with Gasteiger partial charge in [0.15, 0.2) is 5.71 Å². The Morgan fingerprint density at radius 3 is 2.24 bits per heavy atom. The number of hydrogen-bond donors (Lipinski definition) is 2. The van der Waals surface area contributed by atoms with Gasteiger partial charge in [-0.25, -0.2) is 10.2 Å². The molecule has 0 fully saturated rings. The molecule has 0 spiro atoms. The van der Waals surface area contributed by atoms with E-state index in [4.69, 9.17) is 0 Å². The Bertz CT molecular complexity index is 694. The molecule has 2 aromatic rings. The first-order chi connectivity index (χ1) is 10.1. The molecule has 2 rings (SSSR count). The number of amides is 1. The SMILES string of the molecule is Cc1ccccc1C(=NNC(=O)c1ccccc1)C(=O)O. The number of rotatable bonds is 4. The van der Waals surface area contributed by atoms with Crippen LogP contribution in [0.2, 0.25) is 0 Å². The quantitative estimate of drug-likeness (QED) is 0.666. The van der Waals surface area contributed by atoms with E-state index in [1.165, 1.54) is 0 Å². The molecule has 0 unspecified atom stereocenters. The van der Waals surface area contributed by atoms with E-state index < -0.39 is 11.9 Å². The third-order valence-electron chi connectivity index (χ3n) is 2.91. The number of nitrogens with zero attached hydrogens (tertiary/aromatic N) is 1. The second-order valence-corrected chi connectivity index (χ2v) is 4.39. The van der Waals surface area contributed by atoms with Gasteiger partial charge < -0.3 is 5.11 Å². The molecule has 1 amide bonds. The highest BCUT2D eigenvalue weighted by Gasteiger charge is 2.15. The molecule has 0 bridgehead atoms. The minimum absolute atomic E-state index is 0.197. The van der Waals surface area contributed by atoms with Gasteiger partial charge in [-0.15, -0.1) is 0 Å². The molecule has 0 aliphatic heterocycles. The number of carbonyl (C=O) groups excluding carboxylic acids is 1. The number of aliphatic carboxylic acids is 1. The molecule has 0 heterocycles. The van der Waals surface area contributed by atoms with E-state index in [1.807, 2.05) is 0 Å². The van der Waals surface area contributed by atoms with Crippen molar-refractivity contribution in [2.75, 3.05) is 0 Å². The molecule has 0 aromatic heterocycles. The largest absolute Gasteiger partial charge is 0.476 e. The minimum Gasteiger partial charge on any atom is -0.476 e. The molecule has 5 heteroatoms. The summed E-state index contributed by atoms with van der Waals surface area (Å²) in [6.45, 7) is 1.78. The monoisotopic (exact) mass is 282 g/mol. The van der Waals surface area contributed by atoms with Crippen LogP contribution in [0.1, 0.15) is 21.5 Å². The zero-order chi connectivity index (χ0) is 15.2. The van der Waals surface area contributed by atoms with Gasteiger partial charge >= 0.3 is 5.97 Å². The third-order valence-corrected chi connectivity index (χ3v) is 2.91. The lowest BCUT2D eigenvalue weighted by molar-refractivity contribution is -0.129. The lowest BCUT2D eigenvalue weighted by Crippen LogP contribution is -2.24. The summed E-state index contributed by atoms with van der Waals surface area (Å²) in [5.74, 6) is -1.65. The van der Waals surface area contributed by atoms with Crippen LogP contribution >= 0.6 is 0 Å². The molecule has 21 heavy (non-hydrogen) atoms. The Morgan fingerprint density at radius 2 is 1.62 bits per heavy atom. The number of carboxylic acid groups (broad SMARTS) is 1. The van der Waals surface area contributed by atoms with Crippen LogP contribution in [0.15, 0.2) is 59.7 Å². The summed E-state index contributed by atoms with van der Waals surface area (Å²) < 4.78 is 0. The first-order valence-corrected chi connectivity index (χ1v) is 6.32. The van der Waals surface area contributed by atoms with Crippen LogP contribution < -0.4 is 5.43 Å². The van der Waals surface area contributed by atoms with Crippen molar-refractivity contribution in [2.24, 2.45) is 5.10 Å². The lowest BCUT2D eigenvalue weighted by atomic mass is 10.0. The number of benzene rings is 2. The zero-order valence-electron chi connectivity index (χ0n) is 11.4. The van der Waals surface area contributed by atoms with Gasteiger partial charge in [0.05, 0.1) is 0 Å². The summed E-state index contributed by atoms with van der Waals surface area (Å²) in [5, 5.41) is 13.0. The maximum absolute atomic E-state index is 11.9. The number of aryl methyl sites for hydroxylation is 1. The van der Waals surface area contributed by atoms with Gasteiger partial charge in [-0.1, -0.05) is 42.5 Å². The number of carbonyl (C=O) groups is 2. The summed E-state index contributed by atoms with van der Waals surface area (Å²) >= 11 is 0. The molecule has 2 aromatic carbocycles. The summed E-state index contributed by atoms with van der Waals surface area (Å²) in [7, 11) is 0. The van der Waals surface area contributed by atoms with Crippen LogP contribution in [-0.2, 0) is 4.79 Å². The average molecular weight is 282 g/mol. The molecule has 0 saturated heterocycles. The second-order valence-electron chi connectivity index (χ2n) is 4.39. The molecule has 0 radical (unpaired) electrons. The highest BCUT2D eigenvalue weighted by molar-refractivity contribution is 6.43. The lowest BCUT2D eigenvalue weighted by Gasteiger charge is -2.06. The molecule has 0 aliphatic rings. The van der Waals surface area contributed by atoms with E-state index in [2.05, 4.69) is 10.5 Å². The van der Waals surface area contributed by atoms with E-state index in [9.17, 15) is 14.7 Å². The standard InChI is InChI=1S/C16H14N2O3/c1-11-7-5-6-10-13(11)14(16(20)21)17-18-15(19)12-8-3-2-4-9-12/h2-10H,1H3,(H,18,19)(H,20,21). The molecule has 5 nitrogen and oxygen atoms in total. The highest BCUT2D eigenvalue weighted by Crippen LogP contribution is 2.09. The number of hydrogen-bond acceptors (Lipinski definition) is 3. The van der Waals surface area contributed by atoms with Gasteiger partial charge in [-0.2, -0.15) is 5.10 Å². The smallest absolute Gasteiger partial charge is 0.356 e. The van der Waals surface area contributed by atoms with Crippen LogP contribution in [0.25, 0.3) is 0 Å². The Hall–Kier alpha value is -2.95. The van der Waals surface area contributed by atoms with Gasteiger partial charge in [-0.3, -0.25) is 4.79 Å². The first-order valence-electron chi connectivity index (χ1n) is 6.32. The fourth-order valence-electron chi connectivity index (χ4n) is 1.82. The highest BCUT2D eigenvalue weighted by atomic mass is 16.4. The van der Waals surface area contributed by atoms with E-state index >= 15 is 0 Å². The van der Waals surface area contributed by atoms with Crippen molar-refractivity contribution in [2.45, 2.75) is 6.92 Å². The number of carboxylic acids is 1. The van der Waals surface area contributed by atoms with Gasteiger partial charge in [0.1, 0.15) is 0 Å². The molecule has 0 aliphatic carbocycles. The Balaban J connectivity index is 2.26. The van der Waals surface area contributed by atoms with Gasteiger partial charge in [-0.05, 0) is 24.6 Å². The predicted octanol–water partition coefficient (Wildman–Crippen LogP) is 2.21. The van der Waals surface area contributed by atoms with Crippen molar-refractivity contribution in [3.05, 3.63) is 71.3 Å². The van der Waals surface area contributed by atoms with E-state index in [0.717, 1.165) is 5.56 Å². The van der Waals surface area contributed by atoms with Crippen LogP contribution in [0.4, 0.5) is 0 Å². The Labute approximate surface area is 121 Å². The third kappa shape index (κ3) is 3.54. The molecular formula is C16H14N2O3. The first kappa shape index (κ1) is 14.5. The van der Waals surface area contributed by atoms with E-state index in [1.54, 1.807) is 61.5 Å². The van der Waals surface area contributed by atoms with Crippen molar-refractivity contribution < 1.29 is 14.7 Å². The van der Waals surface area contributed by atoms with Gasteiger partial charge in [0.25, 0.3) is 5.91 Å². The fourth-order valence-corrected chi connectivity index (χ4v) is 1.82. The van der Waals surface area contributed by atoms with E-state index in [0.29, 0.717) is 11.1 Å². The molecule has 2 N–H and O–H groups in total. The van der Waals surface area contributed by atoms with Crippen molar-refractivity contribution in [3.63, 3.8) is 0 Å². The van der Waals surface area contributed by atoms with Crippen LogP contribution in [0, 0.1) is 6.92 Å². The van der Waals surface area contributed by atoms with Crippen LogP contribution in [0.3, 0.4) is 0 Å². The van der Waals surface area contributed by atoms with Gasteiger partial charge in [0.2, 0.25) is 0 Å². The second kappa shape index (κ2) is 6.47. The molecule has 0 atom stereocenters. The number of nitrogens with one attached hydrogen (secondary N) is 1. The van der Waals surface area contributed by atoms with E-state index in [-0.39, 0.29) is 5.71 Å². The zero-order valence-corrected chi connectivity index (χ0v) is 11.4. The summed E-state index contributed by atoms with van der Waals surface area (Å²) in [5.41, 5.74) is 3.73. The average Bonchev–Trinajstić information content (AvgIpc) is 2.49. The van der Waals surface area contributed by atoms with Gasteiger partial charge in [0, 0.05) is 11.1 Å². The van der Waals surface area contributed by atoms with Crippen LogP contribution in [0.5, 0.6) is 0 Å².